The molecule has 12 heteroatoms. The second-order valence-electron chi connectivity index (χ2n) is 13.8. The van der Waals surface area contributed by atoms with Crippen LogP contribution >= 0.6 is 0 Å². The molecule has 0 spiro atoms. The first-order valence-electron chi connectivity index (χ1n) is 18.0. The number of nitrogens with zero attached hydrogens (tertiary/aromatic N) is 4. The zero-order chi connectivity index (χ0) is 38.9. The molecule has 0 saturated heterocycles. The van der Waals surface area contributed by atoms with E-state index in [1.54, 1.807) is 97.0 Å². The first-order chi connectivity index (χ1) is 26.6. The van der Waals surface area contributed by atoms with Gasteiger partial charge in [0.15, 0.2) is 17.1 Å². The molecule has 0 aliphatic carbocycles. The molecule has 3 aromatic carbocycles. The van der Waals surface area contributed by atoms with Gasteiger partial charge in [0.2, 0.25) is 5.91 Å². The summed E-state index contributed by atoms with van der Waals surface area (Å²) in [6.45, 7) is 1.99. The maximum absolute atomic E-state index is 14.6. The van der Waals surface area contributed by atoms with Gasteiger partial charge < -0.3 is 29.5 Å². The number of hydrogen-bond donors (Lipinski definition) is 2. The topological polar surface area (TPSA) is 144 Å². The van der Waals surface area contributed by atoms with Crippen molar-refractivity contribution in [2.75, 3.05) is 25.7 Å². The predicted molar refractivity (Wildman–Crippen MR) is 207 cm³/mol. The van der Waals surface area contributed by atoms with Crippen LogP contribution in [0.1, 0.15) is 35.6 Å². The lowest BCUT2D eigenvalue weighted by Crippen LogP contribution is -2.46. The Labute approximate surface area is 317 Å². The van der Waals surface area contributed by atoms with Crippen LogP contribution in [0, 0.1) is 5.92 Å². The van der Waals surface area contributed by atoms with Gasteiger partial charge in [-0.25, -0.2) is 0 Å². The monoisotopic (exact) mass is 742 g/mol. The van der Waals surface area contributed by atoms with Gasteiger partial charge in [-0.1, -0.05) is 55.5 Å². The number of anilines is 1. The number of ether oxygens (including phenoxy) is 2. The SMILES string of the molecule is COc1cccn(-c2cccc(CN3C(=O)[C@@](O)([C@@H](C)/C=C/CC(=O)N4Cc5ccccc5C[C@H]4CO)c4cc(-n5cccc(OC)c5=O)ccc43)c2)c1=O. The van der Waals surface area contributed by atoms with Gasteiger partial charge in [-0.3, -0.25) is 28.3 Å². The van der Waals surface area contributed by atoms with Gasteiger partial charge >= 0.3 is 0 Å². The molecule has 282 valence electrons. The maximum atomic E-state index is 14.6. The quantitative estimate of drug-likeness (QED) is 0.191. The number of hydrogen-bond acceptors (Lipinski definition) is 8. The molecule has 0 radical (unpaired) electrons. The Bertz CT molecular complexity index is 2420. The van der Waals surface area contributed by atoms with E-state index in [4.69, 9.17) is 9.47 Å². The van der Waals surface area contributed by atoms with Gasteiger partial charge in [0.05, 0.1) is 39.1 Å². The molecular formula is C43H42N4O8. The van der Waals surface area contributed by atoms with E-state index in [9.17, 15) is 29.4 Å². The fourth-order valence-corrected chi connectivity index (χ4v) is 7.57. The van der Waals surface area contributed by atoms with Gasteiger partial charge in [-0.2, -0.15) is 0 Å². The molecule has 2 N–H and O–H groups in total. The van der Waals surface area contributed by atoms with Crippen molar-refractivity contribution in [1.29, 1.82) is 0 Å². The Balaban J connectivity index is 1.21. The average molecular weight is 743 g/mol. The number of aliphatic hydroxyl groups excluding tert-OH is 1. The Morgan fingerprint density at radius 3 is 2.16 bits per heavy atom. The van der Waals surface area contributed by atoms with E-state index >= 15 is 0 Å². The average Bonchev–Trinajstić information content (AvgIpc) is 3.42. The molecule has 2 aromatic heterocycles. The van der Waals surface area contributed by atoms with Crippen LogP contribution < -0.4 is 25.5 Å². The highest BCUT2D eigenvalue weighted by Gasteiger charge is 2.52. The highest BCUT2D eigenvalue weighted by Crippen LogP contribution is 2.46. The molecule has 2 aliphatic rings. The summed E-state index contributed by atoms with van der Waals surface area (Å²) in [5.74, 6) is -1.26. The zero-order valence-corrected chi connectivity index (χ0v) is 30.8. The van der Waals surface area contributed by atoms with Crippen LogP contribution in [0.5, 0.6) is 11.5 Å². The molecule has 7 rings (SSSR count). The van der Waals surface area contributed by atoms with E-state index in [-0.39, 0.29) is 48.6 Å². The number of rotatable bonds is 11. The van der Waals surface area contributed by atoms with Crippen LogP contribution in [-0.2, 0) is 34.7 Å². The Hall–Kier alpha value is -6.24. The van der Waals surface area contributed by atoms with Gasteiger partial charge in [-0.05, 0) is 77.7 Å². The van der Waals surface area contributed by atoms with Crippen LogP contribution in [0.2, 0.25) is 0 Å². The maximum Gasteiger partial charge on any atom is 0.297 e. The molecule has 12 nitrogen and oxygen atoms in total. The lowest BCUT2D eigenvalue weighted by Gasteiger charge is -2.36. The number of carbonyl (C=O) groups is 2. The van der Waals surface area contributed by atoms with Crippen molar-refractivity contribution in [2.45, 2.75) is 44.5 Å². The number of methoxy groups -OCH3 is 2. The number of aromatic nitrogens is 2. The number of pyridine rings is 2. The first-order valence-corrected chi connectivity index (χ1v) is 18.0. The first kappa shape index (κ1) is 37.1. The van der Waals surface area contributed by atoms with Crippen LogP contribution in [0.4, 0.5) is 5.69 Å². The normalized spacial score (nSPS) is 18.3. The van der Waals surface area contributed by atoms with Crippen molar-refractivity contribution in [3.8, 4) is 22.9 Å². The fraction of sp³-hybridized carbons (Fsp3) is 0.256. The minimum atomic E-state index is -2.08. The number of amides is 2. The van der Waals surface area contributed by atoms with Crippen LogP contribution in [0.3, 0.4) is 0 Å². The van der Waals surface area contributed by atoms with Gasteiger partial charge in [0, 0.05) is 48.2 Å². The lowest BCUT2D eigenvalue weighted by molar-refractivity contribution is -0.139. The minimum absolute atomic E-state index is 0.000471. The summed E-state index contributed by atoms with van der Waals surface area (Å²) >= 11 is 0. The number of carbonyl (C=O) groups excluding carboxylic acids is 2. The summed E-state index contributed by atoms with van der Waals surface area (Å²) in [5.41, 5.74) is 1.74. The third-order valence-corrected chi connectivity index (χ3v) is 10.6. The summed E-state index contributed by atoms with van der Waals surface area (Å²) in [7, 11) is 2.84. The third-order valence-electron chi connectivity index (χ3n) is 10.6. The largest absolute Gasteiger partial charge is 0.491 e. The Morgan fingerprint density at radius 1 is 0.855 bits per heavy atom. The molecule has 4 heterocycles. The highest BCUT2D eigenvalue weighted by molar-refractivity contribution is 6.07. The van der Waals surface area contributed by atoms with Crippen molar-refractivity contribution < 1.29 is 29.3 Å². The minimum Gasteiger partial charge on any atom is -0.491 e. The molecule has 2 aliphatic heterocycles. The highest BCUT2D eigenvalue weighted by atomic mass is 16.5. The summed E-state index contributed by atoms with van der Waals surface area (Å²) in [6, 6.07) is 26.2. The molecule has 0 bridgehead atoms. The standard InChI is InChI=1S/C43H42N4O8/c1-28(10-6-17-39(49)46-26-31-13-5-4-12-30(31)23-34(46)27-48)43(53)35-24-33(45-21-9-16-38(55-3)41(45)51)18-19-36(35)47(42(43)52)25-29-11-7-14-32(22-29)44-20-8-15-37(54-2)40(44)50/h4-16,18-22,24,28,34,48,53H,17,23,25-27H2,1-3H3/b10-6+/t28-,34-,43+/m0/s1. The van der Waals surface area contributed by atoms with Crippen molar-refractivity contribution in [3.63, 3.8) is 0 Å². The molecule has 2 amide bonds. The van der Waals surface area contributed by atoms with Crippen molar-refractivity contribution >= 4 is 17.5 Å². The van der Waals surface area contributed by atoms with E-state index < -0.39 is 23.0 Å². The lowest BCUT2D eigenvalue weighted by atomic mass is 9.82. The fourth-order valence-electron chi connectivity index (χ4n) is 7.57. The van der Waals surface area contributed by atoms with E-state index in [0.717, 1.165) is 11.1 Å². The third kappa shape index (κ3) is 6.75. The molecular weight excluding hydrogens is 700 g/mol. The van der Waals surface area contributed by atoms with Gasteiger partial charge in [0.25, 0.3) is 17.0 Å². The molecule has 5 aromatic rings. The van der Waals surface area contributed by atoms with Crippen molar-refractivity contribution in [1.82, 2.24) is 14.0 Å². The summed E-state index contributed by atoms with van der Waals surface area (Å²) in [4.78, 5) is 57.5. The van der Waals surface area contributed by atoms with Gasteiger partial charge in [0.1, 0.15) is 0 Å². The number of benzene rings is 3. The molecule has 0 unspecified atom stereocenters. The van der Waals surface area contributed by atoms with Crippen LogP contribution in [0.15, 0.2) is 125 Å². The van der Waals surface area contributed by atoms with E-state index in [1.165, 1.54) is 28.3 Å². The molecule has 3 atom stereocenters. The van der Waals surface area contributed by atoms with E-state index in [0.29, 0.717) is 41.2 Å². The molecule has 0 saturated carbocycles. The summed E-state index contributed by atoms with van der Waals surface area (Å²) < 4.78 is 13.3. The second kappa shape index (κ2) is 15.2. The Morgan fingerprint density at radius 2 is 1.51 bits per heavy atom. The van der Waals surface area contributed by atoms with Crippen molar-refractivity contribution in [3.05, 3.63) is 159 Å². The summed E-state index contributed by atoms with van der Waals surface area (Å²) in [6.07, 6.45) is 7.08. The van der Waals surface area contributed by atoms with Crippen LogP contribution in [0.25, 0.3) is 11.4 Å². The Kier molecular flexibility index (Phi) is 10.3. The van der Waals surface area contributed by atoms with Crippen molar-refractivity contribution in [2.24, 2.45) is 5.92 Å². The number of fused-ring (bicyclic) bond motifs is 2. The molecule has 55 heavy (non-hydrogen) atoms. The van der Waals surface area contributed by atoms with E-state index in [1.807, 2.05) is 30.3 Å². The number of aliphatic hydroxyl groups is 2. The second-order valence-corrected chi connectivity index (χ2v) is 13.8. The van der Waals surface area contributed by atoms with E-state index in [2.05, 4.69) is 0 Å². The molecule has 0 fully saturated rings. The smallest absolute Gasteiger partial charge is 0.297 e. The van der Waals surface area contributed by atoms with Gasteiger partial charge in [-0.15, -0.1) is 0 Å². The predicted octanol–water partition coefficient (Wildman–Crippen LogP) is 4.27. The summed E-state index contributed by atoms with van der Waals surface area (Å²) in [5, 5.41) is 22.7. The zero-order valence-electron chi connectivity index (χ0n) is 30.8. The van der Waals surface area contributed by atoms with Crippen LogP contribution in [-0.4, -0.2) is 62.9 Å².